The van der Waals surface area contributed by atoms with Gasteiger partial charge in [-0.25, -0.2) is 0 Å². The van der Waals surface area contributed by atoms with Gasteiger partial charge < -0.3 is 4.57 Å². The molecule has 0 saturated carbocycles. The topological polar surface area (TPSA) is 9.86 Å². The predicted molar refractivity (Wildman–Crippen MR) is 128 cm³/mol. The number of hydrogen-bond donors (Lipinski definition) is 0. The molecule has 3 heteroatoms. The van der Waals surface area contributed by atoms with Gasteiger partial charge in [0.25, 0.3) is 0 Å². The third kappa shape index (κ3) is 2.02. The van der Waals surface area contributed by atoms with Crippen LogP contribution in [0.25, 0.3) is 54.7 Å². The van der Waals surface area contributed by atoms with Crippen LogP contribution in [0.15, 0.2) is 84.9 Å². The van der Waals surface area contributed by atoms with Gasteiger partial charge in [0.2, 0.25) is 0 Å². The molecule has 0 bridgehead atoms. The molecule has 0 aliphatic rings. The minimum absolute atomic E-state index is 1.26. The van der Waals surface area contributed by atoms with Crippen molar-refractivity contribution in [2.24, 2.45) is 7.05 Å². The first-order valence-corrected chi connectivity index (χ1v) is 10.4. The lowest BCUT2D eigenvalue weighted by Crippen LogP contribution is -1.90. The third-order valence-electron chi connectivity index (χ3n) is 5.86. The quantitative estimate of drug-likeness (QED) is 0.222. The number of rotatable bonds is 1. The number of fused-ring (bicyclic) bond motifs is 6. The molecule has 6 rings (SSSR count). The van der Waals surface area contributed by atoms with Gasteiger partial charge >= 0.3 is 0 Å². The van der Waals surface area contributed by atoms with E-state index in [1.165, 1.54) is 54.7 Å². The van der Waals surface area contributed by atoms with Crippen molar-refractivity contribution in [1.82, 2.24) is 7.35 Å². The largest absolute Gasteiger partial charge is 0.343 e. The Morgan fingerprint density at radius 3 is 2.04 bits per heavy atom. The van der Waals surface area contributed by atoms with Crippen LogP contribution in [0.3, 0.4) is 0 Å². The van der Waals surface area contributed by atoms with Gasteiger partial charge in [-0.1, -0.05) is 66.7 Å². The Hall–Kier alpha value is -2.79. The fourth-order valence-corrected chi connectivity index (χ4v) is 5.47. The van der Waals surface area contributed by atoms with Gasteiger partial charge in [-0.15, -0.1) is 0 Å². The Morgan fingerprint density at radius 2 is 1.18 bits per heavy atom. The summed E-state index contributed by atoms with van der Waals surface area (Å²) in [7, 11) is 2.18. The molecule has 2 aromatic heterocycles. The minimum Gasteiger partial charge on any atom is -0.343 e. The van der Waals surface area contributed by atoms with E-state index in [4.69, 9.17) is 0 Å². The SMILES string of the molecule is Cn1c2ccccc2c2cccc(-c3cccc4c3c3ccccc3n4I)c21. The molecule has 134 valence electrons. The van der Waals surface area contributed by atoms with E-state index in [-0.39, 0.29) is 0 Å². The van der Waals surface area contributed by atoms with Gasteiger partial charge in [-0.2, -0.15) is 0 Å². The molecule has 28 heavy (non-hydrogen) atoms. The number of aromatic nitrogens is 2. The maximum atomic E-state index is 2.42. The van der Waals surface area contributed by atoms with Crippen LogP contribution in [0.2, 0.25) is 0 Å². The Labute approximate surface area is 176 Å². The van der Waals surface area contributed by atoms with Crippen molar-refractivity contribution in [2.75, 3.05) is 0 Å². The highest BCUT2D eigenvalue weighted by molar-refractivity contribution is 14.1. The molecule has 2 heterocycles. The normalized spacial score (nSPS) is 11.9. The molecule has 0 saturated heterocycles. The lowest BCUT2D eigenvalue weighted by molar-refractivity contribution is 1.02. The fourth-order valence-electron chi connectivity index (χ4n) is 4.65. The molecule has 0 spiro atoms. The molecule has 2 nitrogen and oxygen atoms in total. The van der Waals surface area contributed by atoms with E-state index >= 15 is 0 Å². The van der Waals surface area contributed by atoms with Crippen molar-refractivity contribution in [2.45, 2.75) is 0 Å². The van der Waals surface area contributed by atoms with Crippen molar-refractivity contribution in [1.29, 1.82) is 0 Å². The van der Waals surface area contributed by atoms with E-state index in [2.05, 4.69) is 122 Å². The molecular formula is C25H17IN2. The van der Waals surface area contributed by atoms with Gasteiger partial charge in [-0.3, -0.25) is 2.78 Å². The van der Waals surface area contributed by atoms with Crippen LogP contribution in [0, 0.1) is 0 Å². The number of halogens is 1. The van der Waals surface area contributed by atoms with Crippen LogP contribution in [-0.2, 0) is 7.05 Å². The summed E-state index contributed by atoms with van der Waals surface area (Å²) >= 11 is 2.42. The molecular weight excluding hydrogens is 455 g/mol. The van der Waals surface area contributed by atoms with Crippen LogP contribution in [0.4, 0.5) is 0 Å². The Bertz CT molecular complexity index is 1530. The van der Waals surface area contributed by atoms with Crippen LogP contribution >= 0.6 is 22.9 Å². The number of benzene rings is 4. The number of para-hydroxylation sites is 3. The molecule has 6 aromatic rings. The molecule has 0 amide bonds. The highest BCUT2D eigenvalue weighted by atomic mass is 127. The molecule has 0 atom stereocenters. The van der Waals surface area contributed by atoms with Gasteiger partial charge in [0.15, 0.2) is 0 Å². The van der Waals surface area contributed by atoms with E-state index in [1.54, 1.807) is 0 Å². The zero-order chi connectivity index (χ0) is 18.8. The summed E-state index contributed by atoms with van der Waals surface area (Å²) in [5, 5.41) is 5.25. The minimum atomic E-state index is 1.26. The van der Waals surface area contributed by atoms with Gasteiger partial charge in [0.05, 0.1) is 39.4 Å². The van der Waals surface area contributed by atoms with Gasteiger partial charge in [0, 0.05) is 39.7 Å². The molecule has 4 aromatic carbocycles. The van der Waals surface area contributed by atoms with Crippen LogP contribution in [0.1, 0.15) is 0 Å². The first-order chi connectivity index (χ1) is 13.8. The fraction of sp³-hybridized carbons (Fsp3) is 0.0400. The highest BCUT2D eigenvalue weighted by Crippen LogP contribution is 2.41. The second-order valence-electron chi connectivity index (χ2n) is 7.28. The van der Waals surface area contributed by atoms with E-state index < -0.39 is 0 Å². The molecule has 0 fully saturated rings. The Balaban J connectivity index is 1.83. The zero-order valence-electron chi connectivity index (χ0n) is 15.4. The lowest BCUT2D eigenvalue weighted by atomic mass is 9.97. The second-order valence-corrected chi connectivity index (χ2v) is 8.24. The maximum Gasteiger partial charge on any atom is 0.0646 e. The summed E-state index contributed by atoms with van der Waals surface area (Å²) in [6.07, 6.45) is 0. The molecule has 0 aliphatic carbocycles. The number of nitrogens with zero attached hydrogens (tertiary/aromatic N) is 2. The summed E-state index contributed by atoms with van der Waals surface area (Å²) < 4.78 is 4.61. The summed E-state index contributed by atoms with van der Waals surface area (Å²) in [5.41, 5.74) is 7.66. The van der Waals surface area contributed by atoms with E-state index in [9.17, 15) is 0 Å². The van der Waals surface area contributed by atoms with Gasteiger partial charge in [0.1, 0.15) is 0 Å². The molecule has 0 radical (unpaired) electrons. The summed E-state index contributed by atoms with van der Waals surface area (Å²) in [6, 6.07) is 30.7. The van der Waals surface area contributed by atoms with Crippen molar-refractivity contribution in [3.05, 3.63) is 84.9 Å². The second kappa shape index (κ2) is 5.85. The lowest BCUT2D eigenvalue weighted by Gasteiger charge is -2.09. The van der Waals surface area contributed by atoms with Gasteiger partial charge in [-0.05, 0) is 23.8 Å². The van der Waals surface area contributed by atoms with Crippen LogP contribution in [-0.4, -0.2) is 7.35 Å². The summed E-state index contributed by atoms with van der Waals surface area (Å²) in [4.78, 5) is 0. The van der Waals surface area contributed by atoms with Crippen molar-refractivity contribution in [3.8, 4) is 11.1 Å². The predicted octanol–water partition coefficient (Wildman–Crippen LogP) is 7.30. The van der Waals surface area contributed by atoms with Crippen LogP contribution < -0.4 is 0 Å². The third-order valence-corrected chi connectivity index (χ3v) is 6.90. The summed E-state index contributed by atoms with van der Waals surface area (Å²) in [5.74, 6) is 0. The first kappa shape index (κ1) is 16.2. The van der Waals surface area contributed by atoms with Crippen molar-refractivity contribution < 1.29 is 0 Å². The zero-order valence-corrected chi connectivity index (χ0v) is 17.5. The number of aryl methyl sites for hydroxylation is 1. The van der Waals surface area contributed by atoms with E-state index in [1.807, 2.05) is 0 Å². The average molecular weight is 472 g/mol. The van der Waals surface area contributed by atoms with Crippen LogP contribution in [0.5, 0.6) is 0 Å². The standard InChI is InChI=1S/C25H17IN2/c1-27-21-13-4-2-8-16(21)18-11-6-12-19(25(18)27)17-10-7-15-23-24(17)20-9-3-5-14-22(20)28(23)26/h2-15H,1H3. The average Bonchev–Trinajstić information content (AvgIpc) is 3.21. The Kier molecular flexibility index (Phi) is 3.38. The van der Waals surface area contributed by atoms with Crippen molar-refractivity contribution >= 4 is 66.5 Å². The first-order valence-electron chi connectivity index (χ1n) is 9.40. The van der Waals surface area contributed by atoms with Crippen molar-refractivity contribution in [3.63, 3.8) is 0 Å². The van der Waals surface area contributed by atoms with E-state index in [0.717, 1.165) is 0 Å². The molecule has 0 N–H and O–H groups in total. The Morgan fingerprint density at radius 1 is 0.571 bits per heavy atom. The summed E-state index contributed by atoms with van der Waals surface area (Å²) in [6.45, 7) is 0. The van der Waals surface area contributed by atoms with E-state index in [0.29, 0.717) is 0 Å². The maximum absolute atomic E-state index is 2.42. The smallest absolute Gasteiger partial charge is 0.0646 e. The highest BCUT2D eigenvalue weighted by Gasteiger charge is 2.17. The monoisotopic (exact) mass is 472 g/mol. The molecule has 0 aliphatic heterocycles. The number of hydrogen-bond acceptors (Lipinski definition) is 0. The molecule has 0 unspecified atom stereocenters.